The molecule has 2 N–H and O–H groups in total. The van der Waals surface area contributed by atoms with Gasteiger partial charge in [0.05, 0.1) is 16.8 Å². The number of amides is 1. The summed E-state index contributed by atoms with van der Waals surface area (Å²) in [5.74, 6) is 0.398. The molecule has 0 aliphatic carbocycles. The highest BCUT2D eigenvalue weighted by Gasteiger charge is 2.08. The standard InChI is InChI=1S/C19H15Cl2N3O2S2/c1-2-26-13-6-7-15-16(10-13)28-19(22-15)24-18(27)23-17(25)8-4-11-3-5-12(20)9-14(11)21/h3-10H,2H2,1H3,(H2,22,23,24,25,27). The summed E-state index contributed by atoms with van der Waals surface area (Å²) in [6, 6.07) is 10.7. The molecular formula is C19H15Cl2N3O2S2. The number of carbonyl (C=O) groups excluding carboxylic acids is 1. The molecule has 0 aliphatic rings. The van der Waals surface area contributed by atoms with Crippen molar-refractivity contribution in [2.75, 3.05) is 11.9 Å². The number of rotatable bonds is 5. The van der Waals surface area contributed by atoms with Gasteiger partial charge in [0.25, 0.3) is 0 Å². The quantitative estimate of drug-likeness (QED) is 0.394. The molecule has 0 saturated heterocycles. The van der Waals surface area contributed by atoms with Gasteiger partial charge in [0.15, 0.2) is 10.2 Å². The van der Waals surface area contributed by atoms with Crippen molar-refractivity contribution in [2.45, 2.75) is 6.92 Å². The second-order valence-electron chi connectivity index (χ2n) is 5.52. The van der Waals surface area contributed by atoms with E-state index in [1.54, 1.807) is 24.3 Å². The van der Waals surface area contributed by atoms with Crippen LogP contribution >= 0.6 is 46.8 Å². The Kier molecular flexibility index (Phi) is 6.85. The van der Waals surface area contributed by atoms with Crippen molar-refractivity contribution >= 4 is 79.2 Å². The Morgan fingerprint density at radius 1 is 1.29 bits per heavy atom. The van der Waals surface area contributed by atoms with Crippen LogP contribution in [0.3, 0.4) is 0 Å². The number of fused-ring (bicyclic) bond motifs is 1. The second-order valence-corrected chi connectivity index (χ2v) is 7.81. The van der Waals surface area contributed by atoms with E-state index in [1.807, 2.05) is 25.1 Å². The van der Waals surface area contributed by atoms with Gasteiger partial charge in [0.2, 0.25) is 5.91 Å². The van der Waals surface area contributed by atoms with Gasteiger partial charge in [-0.1, -0.05) is 40.6 Å². The number of hydrogen-bond donors (Lipinski definition) is 2. The summed E-state index contributed by atoms with van der Waals surface area (Å²) in [7, 11) is 0. The Balaban J connectivity index is 1.60. The fraction of sp³-hybridized carbons (Fsp3) is 0.105. The van der Waals surface area contributed by atoms with Gasteiger partial charge in [-0.2, -0.15) is 0 Å². The van der Waals surface area contributed by atoms with E-state index >= 15 is 0 Å². The molecule has 0 saturated carbocycles. The van der Waals surface area contributed by atoms with Crippen molar-refractivity contribution in [1.82, 2.24) is 10.3 Å². The molecule has 0 spiro atoms. The SMILES string of the molecule is CCOc1ccc2nc(NC(=S)NC(=O)C=Cc3ccc(Cl)cc3Cl)sc2c1. The number of benzene rings is 2. The summed E-state index contributed by atoms with van der Waals surface area (Å²) in [6.45, 7) is 2.53. The highest BCUT2D eigenvalue weighted by Crippen LogP contribution is 2.29. The van der Waals surface area contributed by atoms with Crippen molar-refractivity contribution in [3.05, 3.63) is 58.1 Å². The number of carbonyl (C=O) groups is 1. The topological polar surface area (TPSA) is 63.2 Å². The number of ether oxygens (including phenoxy) is 1. The lowest BCUT2D eigenvalue weighted by Crippen LogP contribution is -2.32. The predicted octanol–water partition coefficient (Wildman–Crippen LogP) is 5.53. The van der Waals surface area contributed by atoms with Crippen LogP contribution < -0.4 is 15.4 Å². The van der Waals surface area contributed by atoms with Gasteiger partial charge < -0.3 is 10.1 Å². The van der Waals surface area contributed by atoms with Crippen LogP contribution in [-0.2, 0) is 4.79 Å². The molecule has 0 aliphatic heterocycles. The summed E-state index contributed by atoms with van der Waals surface area (Å²) in [6.07, 6.45) is 2.93. The van der Waals surface area contributed by atoms with Gasteiger partial charge in [-0.25, -0.2) is 4.98 Å². The number of nitrogens with one attached hydrogen (secondary N) is 2. The zero-order valence-corrected chi connectivity index (χ0v) is 17.8. The zero-order valence-electron chi connectivity index (χ0n) is 14.7. The number of aromatic nitrogens is 1. The van der Waals surface area contributed by atoms with Crippen LogP contribution in [-0.4, -0.2) is 22.6 Å². The molecule has 1 heterocycles. The average molecular weight is 452 g/mol. The van der Waals surface area contributed by atoms with Crippen LogP contribution in [0.15, 0.2) is 42.5 Å². The molecule has 3 aromatic rings. The summed E-state index contributed by atoms with van der Waals surface area (Å²) < 4.78 is 6.44. The van der Waals surface area contributed by atoms with Crippen LogP contribution in [0, 0.1) is 0 Å². The fourth-order valence-corrected chi connectivity index (χ4v) is 3.93. The monoisotopic (exact) mass is 451 g/mol. The zero-order chi connectivity index (χ0) is 20.1. The van der Waals surface area contributed by atoms with Crippen molar-refractivity contribution in [2.24, 2.45) is 0 Å². The van der Waals surface area contributed by atoms with E-state index in [-0.39, 0.29) is 11.0 Å². The van der Waals surface area contributed by atoms with Gasteiger partial charge in [0.1, 0.15) is 5.75 Å². The van der Waals surface area contributed by atoms with Crippen LogP contribution in [0.4, 0.5) is 5.13 Å². The number of nitrogens with zero attached hydrogens (tertiary/aromatic N) is 1. The lowest BCUT2D eigenvalue weighted by atomic mass is 10.2. The summed E-state index contributed by atoms with van der Waals surface area (Å²) in [5, 5.41) is 7.21. The normalized spacial score (nSPS) is 11.0. The van der Waals surface area contributed by atoms with E-state index in [1.165, 1.54) is 17.4 Å². The first kappa shape index (κ1) is 20.5. The number of thiocarbonyl (C=S) groups is 1. The number of thiazole rings is 1. The smallest absolute Gasteiger partial charge is 0.250 e. The summed E-state index contributed by atoms with van der Waals surface area (Å²) in [5.41, 5.74) is 1.50. The van der Waals surface area contributed by atoms with E-state index in [0.717, 1.165) is 16.0 Å². The molecule has 0 radical (unpaired) electrons. The molecule has 0 unspecified atom stereocenters. The highest BCUT2D eigenvalue weighted by atomic mass is 35.5. The Morgan fingerprint density at radius 3 is 2.86 bits per heavy atom. The molecule has 0 bridgehead atoms. The third kappa shape index (κ3) is 5.42. The molecule has 9 heteroatoms. The van der Waals surface area contributed by atoms with E-state index in [0.29, 0.717) is 27.3 Å². The Bertz CT molecular complexity index is 1070. The van der Waals surface area contributed by atoms with Gasteiger partial charge >= 0.3 is 0 Å². The van der Waals surface area contributed by atoms with Gasteiger partial charge in [0, 0.05) is 16.1 Å². The second kappa shape index (κ2) is 9.34. The minimum atomic E-state index is -0.386. The Labute approximate surface area is 181 Å². The van der Waals surface area contributed by atoms with Crippen molar-refractivity contribution < 1.29 is 9.53 Å². The van der Waals surface area contributed by atoms with Gasteiger partial charge in [-0.15, -0.1) is 0 Å². The molecule has 5 nitrogen and oxygen atoms in total. The highest BCUT2D eigenvalue weighted by molar-refractivity contribution is 7.80. The molecule has 28 heavy (non-hydrogen) atoms. The first-order valence-corrected chi connectivity index (χ1v) is 10.2. The maximum absolute atomic E-state index is 12.1. The molecule has 1 aromatic heterocycles. The van der Waals surface area contributed by atoms with Gasteiger partial charge in [-0.05, 0) is 61.1 Å². The predicted molar refractivity (Wildman–Crippen MR) is 121 cm³/mol. The molecule has 144 valence electrons. The average Bonchev–Trinajstić information content (AvgIpc) is 3.02. The van der Waals surface area contributed by atoms with E-state index < -0.39 is 0 Å². The van der Waals surface area contributed by atoms with Crippen molar-refractivity contribution in [3.8, 4) is 5.75 Å². The number of anilines is 1. The van der Waals surface area contributed by atoms with E-state index in [4.69, 9.17) is 40.2 Å². The lowest BCUT2D eigenvalue weighted by Gasteiger charge is -2.04. The minimum Gasteiger partial charge on any atom is -0.494 e. The van der Waals surface area contributed by atoms with Crippen LogP contribution in [0.25, 0.3) is 16.3 Å². The Hall–Kier alpha value is -2.19. The van der Waals surface area contributed by atoms with Crippen molar-refractivity contribution in [3.63, 3.8) is 0 Å². The number of halogens is 2. The molecule has 2 aromatic carbocycles. The first-order chi connectivity index (χ1) is 13.4. The summed E-state index contributed by atoms with van der Waals surface area (Å²) in [4.78, 5) is 16.5. The first-order valence-electron chi connectivity index (χ1n) is 8.23. The van der Waals surface area contributed by atoms with Crippen LogP contribution in [0.1, 0.15) is 12.5 Å². The maximum Gasteiger partial charge on any atom is 0.250 e. The van der Waals surface area contributed by atoms with Crippen molar-refractivity contribution in [1.29, 1.82) is 0 Å². The molecule has 0 atom stereocenters. The van der Waals surface area contributed by atoms with Crippen LogP contribution in [0.2, 0.25) is 10.0 Å². The summed E-state index contributed by atoms with van der Waals surface area (Å²) >= 11 is 18.5. The number of hydrogen-bond acceptors (Lipinski definition) is 5. The molecule has 3 rings (SSSR count). The minimum absolute atomic E-state index is 0.154. The molecular weight excluding hydrogens is 437 g/mol. The maximum atomic E-state index is 12.1. The van der Waals surface area contributed by atoms with Gasteiger partial charge in [-0.3, -0.25) is 10.1 Å². The third-order valence-electron chi connectivity index (χ3n) is 3.50. The Morgan fingerprint density at radius 2 is 2.11 bits per heavy atom. The van der Waals surface area contributed by atoms with E-state index in [9.17, 15) is 4.79 Å². The third-order valence-corrected chi connectivity index (χ3v) is 5.21. The van der Waals surface area contributed by atoms with Crippen LogP contribution in [0.5, 0.6) is 5.75 Å². The molecule has 0 fully saturated rings. The largest absolute Gasteiger partial charge is 0.494 e. The fourth-order valence-electron chi connectivity index (χ4n) is 2.30. The van der Waals surface area contributed by atoms with E-state index in [2.05, 4.69) is 15.6 Å². The lowest BCUT2D eigenvalue weighted by molar-refractivity contribution is -0.115. The molecule has 1 amide bonds.